The van der Waals surface area contributed by atoms with Gasteiger partial charge < -0.3 is 15.3 Å². The molecular formula is C28H32N4O2. The number of hydrogen-bond acceptors (Lipinski definition) is 4. The van der Waals surface area contributed by atoms with Crippen LogP contribution in [0.3, 0.4) is 0 Å². The lowest BCUT2D eigenvalue weighted by Gasteiger charge is -2.58. The number of nitrogens with one attached hydrogen (secondary N) is 1. The second-order valence-corrected chi connectivity index (χ2v) is 11.0. The van der Waals surface area contributed by atoms with Crippen LogP contribution < -0.4 is 10.2 Å². The normalized spacial score (nSPS) is 32.4. The highest BCUT2D eigenvalue weighted by Gasteiger charge is 2.55. The van der Waals surface area contributed by atoms with Crippen molar-refractivity contribution in [3.63, 3.8) is 0 Å². The van der Waals surface area contributed by atoms with E-state index in [1.54, 1.807) is 0 Å². The van der Waals surface area contributed by atoms with E-state index in [-0.39, 0.29) is 11.9 Å². The molecule has 5 aliphatic rings. The van der Waals surface area contributed by atoms with Crippen molar-refractivity contribution in [1.29, 1.82) is 0 Å². The number of aliphatic hydroxyl groups is 1. The average Bonchev–Trinajstić information content (AvgIpc) is 2.85. The van der Waals surface area contributed by atoms with Crippen LogP contribution in [-0.2, 0) is 0 Å². The Labute approximate surface area is 201 Å². The van der Waals surface area contributed by atoms with Gasteiger partial charge in [-0.3, -0.25) is 4.79 Å². The number of benzene rings is 1. The molecule has 34 heavy (non-hydrogen) atoms. The van der Waals surface area contributed by atoms with Crippen molar-refractivity contribution in [3.05, 3.63) is 65.3 Å². The molecule has 2 atom stereocenters. The van der Waals surface area contributed by atoms with Crippen LogP contribution >= 0.6 is 0 Å². The number of amides is 1. The predicted molar refractivity (Wildman–Crippen MR) is 131 cm³/mol. The smallest absolute Gasteiger partial charge is 0.270 e. The molecule has 6 nitrogen and oxygen atoms in total. The lowest BCUT2D eigenvalue weighted by molar-refractivity contribution is -0.136. The Balaban J connectivity index is 1.09. The number of pyridine rings is 1. The second kappa shape index (κ2) is 8.39. The molecule has 4 aliphatic carbocycles. The van der Waals surface area contributed by atoms with Crippen LogP contribution in [0.1, 0.15) is 67.0 Å². The van der Waals surface area contributed by atoms with Gasteiger partial charge in [0.2, 0.25) is 0 Å². The van der Waals surface area contributed by atoms with Gasteiger partial charge in [0.1, 0.15) is 5.69 Å². The van der Waals surface area contributed by atoms with Crippen molar-refractivity contribution in [2.75, 3.05) is 18.0 Å². The first-order valence-corrected chi connectivity index (χ1v) is 12.7. The Morgan fingerprint density at radius 1 is 1.06 bits per heavy atom. The van der Waals surface area contributed by atoms with E-state index in [0.717, 1.165) is 69.4 Å². The fourth-order valence-electron chi connectivity index (χ4n) is 7.42. The van der Waals surface area contributed by atoms with Crippen LogP contribution in [-0.4, -0.2) is 40.7 Å². The topological polar surface area (TPSA) is 69.8 Å². The summed E-state index contributed by atoms with van der Waals surface area (Å²) in [6, 6.07) is 13.8. The number of carbonyl (C=O) groups excluding carboxylic acids is 1. The van der Waals surface area contributed by atoms with E-state index in [1.807, 2.05) is 36.4 Å². The summed E-state index contributed by atoms with van der Waals surface area (Å²) in [5.41, 5.74) is 2.87. The molecule has 6 heteroatoms. The first-order chi connectivity index (χ1) is 16.5. The molecule has 176 valence electrons. The number of anilines is 1. The summed E-state index contributed by atoms with van der Waals surface area (Å²) in [6.07, 6.45) is 6.88. The summed E-state index contributed by atoms with van der Waals surface area (Å²) < 4.78 is 0. The SMILES string of the molecule is [C-]#[N+]c1ccc(N2CCC(c3cccc(C(=O)NC4C5CC6CC4CC(O)(C6)C5)n3)CC2)cc1. The summed E-state index contributed by atoms with van der Waals surface area (Å²) in [6.45, 7) is 9.00. The molecule has 1 aromatic heterocycles. The minimum atomic E-state index is -0.482. The third-order valence-electron chi connectivity index (χ3n) is 8.80. The number of hydrogen-bond donors (Lipinski definition) is 2. The van der Waals surface area contributed by atoms with Gasteiger partial charge in [-0.05, 0) is 87.0 Å². The molecule has 1 saturated heterocycles. The first kappa shape index (κ1) is 21.6. The maximum absolute atomic E-state index is 13.2. The number of rotatable bonds is 4. The van der Waals surface area contributed by atoms with Crippen molar-refractivity contribution >= 4 is 17.3 Å². The molecule has 4 bridgehead atoms. The van der Waals surface area contributed by atoms with E-state index in [0.29, 0.717) is 35.1 Å². The molecule has 4 saturated carbocycles. The van der Waals surface area contributed by atoms with Crippen LogP contribution in [0.4, 0.5) is 11.4 Å². The van der Waals surface area contributed by atoms with E-state index in [2.05, 4.69) is 21.1 Å². The third kappa shape index (κ3) is 3.96. The zero-order valence-electron chi connectivity index (χ0n) is 19.5. The molecule has 2 aromatic rings. The Bertz CT molecular complexity index is 1100. The highest BCUT2D eigenvalue weighted by molar-refractivity contribution is 5.92. The van der Waals surface area contributed by atoms with E-state index >= 15 is 0 Å². The van der Waals surface area contributed by atoms with E-state index in [4.69, 9.17) is 11.6 Å². The molecule has 1 aliphatic heterocycles. The van der Waals surface area contributed by atoms with Crippen molar-refractivity contribution in [1.82, 2.24) is 10.3 Å². The minimum absolute atomic E-state index is 0.0661. The predicted octanol–water partition coefficient (Wildman–Crippen LogP) is 4.69. The third-order valence-corrected chi connectivity index (χ3v) is 8.80. The monoisotopic (exact) mass is 456 g/mol. The summed E-state index contributed by atoms with van der Waals surface area (Å²) in [5.74, 6) is 1.72. The molecule has 2 heterocycles. The van der Waals surface area contributed by atoms with Gasteiger partial charge in [-0.15, -0.1) is 0 Å². The van der Waals surface area contributed by atoms with E-state index in [9.17, 15) is 9.90 Å². The Morgan fingerprint density at radius 2 is 1.76 bits per heavy atom. The minimum Gasteiger partial charge on any atom is -0.390 e. The summed E-state index contributed by atoms with van der Waals surface area (Å²) >= 11 is 0. The lowest BCUT2D eigenvalue weighted by atomic mass is 9.52. The molecule has 0 spiro atoms. The van der Waals surface area contributed by atoms with Crippen molar-refractivity contribution in [2.45, 2.75) is 62.5 Å². The Kier molecular flexibility index (Phi) is 5.33. The van der Waals surface area contributed by atoms with Gasteiger partial charge >= 0.3 is 0 Å². The average molecular weight is 457 g/mol. The molecule has 2 N–H and O–H groups in total. The first-order valence-electron chi connectivity index (χ1n) is 12.7. The van der Waals surface area contributed by atoms with Gasteiger partial charge in [0.15, 0.2) is 5.69 Å². The van der Waals surface area contributed by atoms with Crippen molar-refractivity contribution in [2.24, 2.45) is 17.8 Å². The number of nitrogens with zero attached hydrogens (tertiary/aromatic N) is 3. The molecule has 0 radical (unpaired) electrons. The van der Waals surface area contributed by atoms with Crippen molar-refractivity contribution in [3.8, 4) is 0 Å². The molecule has 2 unspecified atom stereocenters. The van der Waals surface area contributed by atoms with Crippen LogP contribution in [0.15, 0.2) is 42.5 Å². The molecular weight excluding hydrogens is 424 g/mol. The zero-order valence-corrected chi connectivity index (χ0v) is 19.5. The van der Waals surface area contributed by atoms with Gasteiger partial charge in [0.05, 0.1) is 12.2 Å². The lowest BCUT2D eigenvalue weighted by Crippen LogP contribution is -2.61. The largest absolute Gasteiger partial charge is 0.390 e. The van der Waals surface area contributed by atoms with Crippen LogP contribution in [0, 0.1) is 24.3 Å². The van der Waals surface area contributed by atoms with Crippen LogP contribution in [0.25, 0.3) is 4.85 Å². The Hall–Kier alpha value is -2.91. The van der Waals surface area contributed by atoms with Crippen molar-refractivity contribution < 1.29 is 9.90 Å². The maximum Gasteiger partial charge on any atom is 0.270 e. The zero-order chi connectivity index (χ0) is 23.3. The van der Waals surface area contributed by atoms with Crippen LogP contribution in [0.2, 0.25) is 0 Å². The highest BCUT2D eigenvalue weighted by Crippen LogP contribution is 2.55. The fourth-order valence-corrected chi connectivity index (χ4v) is 7.42. The summed E-state index contributed by atoms with van der Waals surface area (Å²) in [4.78, 5) is 23.8. The quantitative estimate of drug-likeness (QED) is 0.655. The fraction of sp³-hybridized carbons (Fsp3) is 0.536. The maximum atomic E-state index is 13.2. The highest BCUT2D eigenvalue weighted by atomic mass is 16.3. The van der Waals surface area contributed by atoms with E-state index < -0.39 is 5.60 Å². The van der Waals surface area contributed by atoms with Gasteiger partial charge in [0.25, 0.3) is 5.91 Å². The number of carbonyl (C=O) groups is 1. The van der Waals surface area contributed by atoms with Crippen LogP contribution in [0.5, 0.6) is 0 Å². The molecule has 7 rings (SSSR count). The molecule has 1 aromatic carbocycles. The number of aromatic nitrogens is 1. The van der Waals surface area contributed by atoms with Gasteiger partial charge in [0, 0.05) is 36.4 Å². The molecule has 5 fully saturated rings. The second-order valence-electron chi connectivity index (χ2n) is 11.0. The van der Waals surface area contributed by atoms with Gasteiger partial charge in [-0.1, -0.05) is 18.2 Å². The van der Waals surface area contributed by atoms with Gasteiger partial charge in [-0.2, -0.15) is 0 Å². The molecule has 1 amide bonds. The Morgan fingerprint density at radius 3 is 2.41 bits per heavy atom. The number of piperidine rings is 1. The van der Waals surface area contributed by atoms with E-state index in [1.165, 1.54) is 0 Å². The van der Waals surface area contributed by atoms with Gasteiger partial charge in [-0.25, -0.2) is 9.83 Å². The summed E-state index contributed by atoms with van der Waals surface area (Å²) in [5, 5.41) is 14.1. The standard InChI is InChI=1S/C28H32N4O2/c1-29-22-5-7-23(8-6-22)32-11-9-19(10-12-32)24-3-2-4-25(30-24)27(33)31-26-20-13-18-14-21(26)17-28(34,15-18)16-20/h2-8,18-21,26,34H,9-17H2,(H,31,33). The summed E-state index contributed by atoms with van der Waals surface area (Å²) in [7, 11) is 0.